The van der Waals surface area contributed by atoms with Gasteiger partial charge in [-0.1, -0.05) is 22.9 Å². The summed E-state index contributed by atoms with van der Waals surface area (Å²) in [7, 11) is 0. The van der Waals surface area contributed by atoms with E-state index in [-0.39, 0.29) is 17.9 Å². The number of halogens is 2. The summed E-state index contributed by atoms with van der Waals surface area (Å²) in [6.07, 6.45) is 2.10. The number of nitro benzene ring substituents is 1. The highest BCUT2D eigenvalue weighted by Crippen LogP contribution is 2.34. The summed E-state index contributed by atoms with van der Waals surface area (Å²) in [6, 6.07) is 15.1. The lowest BCUT2D eigenvalue weighted by molar-refractivity contribution is -0.384. The summed E-state index contributed by atoms with van der Waals surface area (Å²) < 4.78 is 14.5. The molecule has 0 amide bonds. The molecular weight excluding hydrogens is 608 g/mol. The maximum absolute atomic E-state index is 13.2. The molecule has 0 aliphatic heterocycles. The Kier molecular flexibility index (Phi) is 8.34. The normalized spacial score (nSPS) is 11.2. The highest BCUT2D eigenvalue weighted by molar-refractivity contribution is 9.10. The molecule has 1 heterocycles. The van der Waals surface area contributed by atoms with Gasteiger partial charge in [0.25, 0.3) is 11.2 Å². The standard InChI is InChI=1S/C26H22Br2N4O5/c1-3-25-30-22-10-7-18(27)12-20(22)26(33)31(25)29-14-17-11-23(36-4-2)24(13-21(17)28)37-15-16-5-8-19(9-6-16)32(34)35/h5-14H,3-4,15H2,1-2H3. The van der Waals surface area contributed by atoms with Crippen molar-refractivity contribution >= 4 is 54.7 Å². The van der Waals surface area contributed by atoms with Gasteiger partial charge in [-0.25, -0.2) is 4.98 Å². The van der Waals surface area contributed by atoms with Gasteiger partial charge in [-0.2, -0.15) is 9.78 Å². The smallest absolute Gasteiger partial charge is 0.282 e. The van der Waals surface area contributed by atoms with Crippen molar-refractivity contribution in [2.75, 3.05) is 6.61 Å². The number of hydrogen-bond acceptors (Lipinski definition) is 7. The minimum Gasteiger partial charge on any atom is -0.490 e. The predicted octanol–water partition coefficient (Wildman–Crippen LogP) is 6.25. The number of nitrogens with zero attached hydrogens (tertiary/aromatic N) is 4. The van der Waals surface area contributed by atoms with Gasteiger partial charge in [0.15, 0.2) is 11.5 Å². The van der Waals surface area contributed by atoms with Gasteiger partial charge in [-0.05, 0) is 70.9 Å². The molecule has 4 rings (SSSR count). The molecule has 3 aromatic carbocycles. The van der Waals surface area contributed by atoms with Gasteiger partial charge < -0.3 is 9.47 Å². The fourth-order valence-electron chi connectivity index (χ4n) is 3.57. The van der Waals surface area contributed by atoms with E-state index in [0.717, 1.165) is 10.0 Å². The third kappa shape index (κ3) is 6.05. The quantitative estimate of drug-likeness (QED) is 0.123. The molecule has 0 atom stereocenters. The van der Waals surface area contributed by atoms with Crippen LogP contribution in [0.25, 0.3) is 10.9 Å². The van der Waals surface area contributed by atoms with Gasteiger partial charge in [0.1, 0.15) is 12.4 Å². The number of aryl methyl sites for hydroxylation is 1. The van der Waals surface area contributed by atoms with Crippen molar-refractivity contribution in [1.82, 2.24) is 9.66 Å². The Morgan fingerprint density at radius 2 is 1.78 bits per heavy atom. The van der Waals surface area contributed by atoms with Crippen molar-refractivity contribution in [2.45, 2.75) is 26.9 Å². The van der Waals surface area contributed by atoms with E-state index in [1.807, 2.05) is 19.9 Å². The summed E-state index contributed by atoms with van der Waals surface area (Å²) in [5.74, 6) is 1.53. The lowest BCUT2D eigenvalue weighted by atomic mass is 10.2. The van der Waals surface area contributed by atoms with Gasteiger partial charge in [-0.15, -0.1) is 0 Å². The number of nitro groups is 1. The first-order valence-electron chi connectivity index (χ1n) is 11.4. The Morgan fingerprint density at radius 1 is 1.05 bits per heavy atom. The number of rotatable bonds is 9. The minimum absolute atomic E-state index is 0.0183. The molecule has 0 radical (unpaired) electrons. The van der Waals surface area contributed by atoms with Gasteiger partial charge in [-0.3, -0.25) is 14.9 Å². The zero-order valence-electron chi connectivity index (χ0n) is 20.0. The van der Waals surface area contributed by atoms with Crippen LogP contribution in [-0.2, 0) is 13.0 Å². The van der Waals surface area contributed by atoms with Crippen molar-refractivity contribution < 1.29 is 14.4 Å². The second kappa shape index (κ2) is 11.7. The van der Waals surface area contributed by atoms with Gasteiger partial charge in [0.05, 0.1) is 28.6 Å². The molecule has 0 aliphatic carbocycles. The van der Waals surface area contributed by atoms with Crippen LogP contribution < -0.4 is 15.0 Å². The van der Waals surface area contributed by atoms with Crippen LogP contribution in [-0.4, -0.2) is 27.4 Å². The molecule has 0 spiro atoms. The number of non-ortho nitro benzene ring substituents is 1. The zero-order valence-corrected chi connectivity index (χ0v) is 23.2. The topological polar surface area (TPSA) is 109 Å². The number of benzene rings is 3. The van der Waals surface area contributed by atoms with Crippen LogP contribution in [0.3, 0.4) is 0 Å². The molecule has 0 bridgehead atoms. The summed E-state index contributed by atoms with van der Waals surface area (Å²) in [4.78, 5) is 28.2. The SMILES string of the molecule is CCOc1cc(C=Nn2c(CC)nc3ccc(Br)cc3c2=O)c(Br)cc1OCc1ccc([N+](=O)[O-])cc1. The van der Waals surface area contributed by atoms with Crippen LogP contribution in [0.1, 0.15) is 30.8 Å². The summed E-state index contributed by atoms with van der Waals surface area (Å²) in [5.41, 5.74) is 1.82. The van der Waals surface area contributed by atoms with E-state index in [4.69, 9.17) is 9.47 Å². The van der Waals surface area contributed by atoms with Crippen LogP contribution in [0.4, 0.5) is 5.69 Å². The Hall–Kier alpha value is -3.57. The molecule has 37 heavy (non-hydrogen) atoms. The third-order valence-corrected chi connectivity index (χ3v) is 6.59. The average molecular weight is 630 g/mol. The first kappa shape index (κ1) is 26.5. The van der Waals surface area contributed by atoms with E-state index in [1.165, 1.54) is 16.8 Å². The molecule has 4 aromatic rings. The minimum atomic E-state index is -0.445. The van der Waals surface area contributed by atoms with E-state index in [9.17, 15) is 14.9 Å². The van der Waals surface area contributed by atoms with E-state index in [2.05, 4.69) is 41.9 Å². The molecule has 190 valence electrons. The highest BCUT2D eigenvalue weighted by atomic mass is 79.9. The van der Waals surface area contributed by atoms with Crippen molar-refractivity contribution in [3.8, 4) is 11.5 Å². The predicted molar refractivity (Wildman–Crippen MR) is 149 cm³/mol. The zero-order chi connectivity index (χ0) is 26.5. The Balaban J connectivity index is 1.64. The molecule has 0 N–H and O–H groups in total. The summed E-state index contributed by atoms with van der Waals surface area (Å²) in [6.45, 7) is 4.39. The molecular formula is C26H22Br2N4O5. The molecule has 0 unspecified atom stereocenters. The van der Waals surface area contributed by atoms with Gasteiger partial charge >= 0.3 is 0 Å². The van der Waals surface area contributed by atoms with Crippen LogP contribution in [0.15, 0.2) is 73.4 Å². The van der Waals surface area contributed by atoms with Crippen molar-refractivity contribution in [3.05, 3.63) is 101 Å². The monoisotopic (exact) mass is 628 g/mol. The number of ether oxygens (including phenoxy) is 2. The molecule has 11 heteroatoms. The third-order valence-electron chi connectivity index (χ3n) is 5.41. The van der Waals surface area contributed by atoms with Crippen LogP contribution in [0.5, 0.6) is 11.5 Å². The Morgan fingerprint density at radius 3 is 2.46 bits per heavy atom. The largest absolute Gasteiger partial charge is 0.490 e. The molecule has 0 aliphatic rings. The van der Waals surface area contributed by atoms with E-state index < -0.39 is 4.92 Å². The first-order chi connectivity index (χ1) is 17.8. The second-order valence-electron chi connectivity index (χ2n) is 7.87. The van der Waals surface area contributed by atoms with Gasteiger partial charge in [0, 0.05) is 33.1 Å². The van der Waals surface area contributed by atoms with Crippen molar-refractivity contribution in [1.29, 1.82) is 0 Å². The van der Waals surface area contributed by atoms with Gasteiger partial charge in [0.2, 0.25) is 0 Å². The number of aromatic nitrogens is 2. The fourth-order valence-corrected chi connectivity index (χ4v) is 4.35. The van der Waals surface area contributed by atoms with E-state index in [1.54, 1.807) is 42.6 Å². The second-order valence-corrected chi connectivity index (χ2v) is 9.64. The lowest BCUT2D eigenvalue weighted by Gasteiger charge is -2.14. The summed E-state index contributed by atoms with van der Waals surface area (Å²) >= 11 is 6.95. The summed E-state index contributed by atoms with van der Waals surface area (Å²) in [5, 5.41) is 15.8. The van der Waals surface area contributed by atoms with Crippen LogP contribution in [0.2, 0.25) is 0 Å². The average Bonchev–Trinajstić information content (AvgIpc) is 2.89. The molecule has 1 aromatic heterocycles. The van der Waals surface area contributed by atoms with Crippen molar-refractivity contribution in [3.63, 3.8) is 0 Å². The van der Waals surface area contributed by atoms with Crippen LogP contribution >= 0.6 is 31.9 Å². The number of hydrogen-bond donors (Lipinski definition) is 0. The van der Waals surface area contributed by atoms with E-state index >= 15 is 0 Å². The molecule has 0 saturated heterocycles. The Labute approximate surface area is 229 Å². The maximum Gasteiger partial charge on any atom is 0.282 e. The lowest BCUT2D eigenvalue weighted by Crippen LogP contribution is -2.22. The highest BCUT2D eigenvalue weighted by Gasteiger charge is 2.13. The molecule has 0 fully saturated rings. The molecule has 0 saturated carbocycles. The Bertz CT molecular complexity index is 1550. The molecule has 9 nitrogen and oxygen atoms in total. The fraction of sp³-hybridized carbons (Fsp3) is 0.192. The van der Waals surface area contributed by atoms with E-state index in [0.29, 0.717) is 51.3 Å². The number of fused-ring (bicyclic) bond motifs is 1. The van der Waals surface area contributed by atoms with Crippen molar-refractivity contribution in [2.24, 2.45) is 5.10 Å². The maximum atomic E-state index is 13.2. The first-order valence-corrected chi connectivity index (χ1v) is 13.0. The van der Waals surface area contributed by atoms with Crippen LogP contribution in [0, 0.1) is 10.1 Å².